The summed E-state index contributed by atoms with van der Waals surface area (Å²) < 4.78 is 2.84. The van der Waals surface area contributed by atoms with Gasteiger partial charge >= 0.3 is 0 Å². The van der Waals surface area contributed by atoms with Crippen LogP contribution in [-0.2, 0) is 6.54 Å². The molecule has 0 aliphatic carbocycles. The second-order valence-electron chi connectivity index (χ2n) is 4.17. The Balaban J connectivity index is 2.27. The average Bonchev–Trinajstić information content (AvgIpc) is 2.51. The smallest absolute Gasteiger partial charge is 0.264 e. The molecule has 0 saturated heterocycles. The summed E-state index contributed by atoms with van der Waals surface area (Å²) in [6, 6.07) is 0. The molecule has 1 heterocycles. The van der Waals surface area contributed by atoms with Crippen molar-refractivity contribution in [2.45, 2.75) is 58.9 Å². The summed E-state index contributed by atoms with van der Waals surface area (Å²) in [4.78, 5) is 11.7. The number of nitrogens with zero attached hydrogens (tertiary/aromatic N) is 1. The van der Waals surface area contributed by atoms with Gasteiger partial charge in [0.15, 0.2) is 0 Å². The van der Waals surface area contributed by atoms with Gasteiger partial charge in [0.2, 0.25) is 0 Å². The van der Waals surface area contributed by atoms with E-state index in [0.29, 0.717) is 0 Å². The van der Waals surface area contributed by atoms with Gasteiger partial charge in [-0.2, -0.15) is 0 Å². The first-order valence-corrected chi connectivity index (χ1v) is 7.59. The van der Waals surface area contributed by atoms with Crippen LogP contribution in [0, 0.1) is 6.92 Å². The Morgan fingerprint density at radius 1 is 1.19 bits per heavy atom. The third kappa shape index (κ3) is 4.06. The number of aryl methyl sites for hydroxylation is 1. The van der Waals surface area contributed by atoms with Crippen molar-refractivity contribution in [2.75, 3.05) is 0 Å². The molecule has 92 valence electrons. The third-order valence-electron chi connectivity index (χ3n) is 2.75. The van der Waals surface area contributed by atoms with E-state index in [0.717, 1.165) is 22.3 Å². The Kier molecular flexibility index (Phi) is 6.36. The number of rotatable bonds is 7. The van der Waals surface area contributed by atoms with Crippen molar-refractivity contribution in [3.8, 4) is 0 Å². The maximum absolute atomic E-state index is 11.7. The molecule has 1 aromatic rings. The zero-order valence-electron chi connectivity index (χ0n) is 10.1. The van der Waals surface area contributed by atoms with Crippen molar-refractivity contribution >= 4 is 27.5 Å². The molecule has 0 bridgehead atoms. The molecule has 0 aromatic carbocycles. The highest BCUT2D eigenvalue weighted by Gasteiger charge is 2.07. The van der Waals surface area contributed by atoms with Crippen molar-refractivity contribution in [1.29, 1.82) is 0 Å². The molecule has 4 heteroatoms. The van der Waals surface area contributed by atoms with Crippen LogP contribution in [-0.4, -0.2) is 3.96 Å². The van der Waals surface area contributed by atoms with Gasteiger partial charge in [0, 0.05) is 12.1 Å². The Labute approximate surface area is 110 Å². The van der Waals surface area contributed by atoms with E-state index in [1.54, 1.807) is 0 Å². The fraction of sp³-hybridized carbons (Fsp3) is 0.750. The normalized spacial score (nSPS) is 10.9. The van der Waals surface area contributed by atoms with Gasteiger partial charge in [0.1, 0.15) is 0 Å². The van der Waals surface area contributed by atoms with Crippen molar-refractivity contribution in [3.63, 3.8) is 0 Å². The Bertz CT molecular complexity index is 370. The molecule has 0 unspecified atom stereocenters. The van der Waals surface area contributed by atoms with Crippen molar-refractivity contribution in [2.24, 2.45) is 0 Å². The van der Waals surface area contributed by atoms with E-state index in [-0.39, 0.29) is 5.56 Å². The molecule has 1 rings (SSSR count). The highest BCUT2D eigenvalue weighted by atomic mass is 79.9. The minimum absolute atomic E-state index is 0.172. The SMILES string of the molecule is CCCCCCCCn1sc(Br)c(C)c1=O. The van der Waals surface area contributed by atoms with Gasteiger partial charge in [-0.05, 0) is 40.8 Å². The number of halogens is 1. The Morgan fingerprint density at radius 2 is 1.81 bits per heavy atom. The van der Waals surface area contributed by atoms with Gasteiger partial charge in [0.05, 0.1) is 3.79 Å². The molecular formula is C12H20BrNOS. The molecule has 0 aliphatic rings. The van der Waals surface area contributed by atoms with Crippen LogP contribution in [0.4, 0.5) is 0 Å². The van der Waals surface area contributed by atoms with Crippen LogP contribution in [0.5, 0.6) is 0 Å². The summed E-state index contributed by atoms with van der Waals surface area (Å²) in [5, 5.41) is 0. The predicted octanol–water partition coefficient (Wildman–Crippen LogP) is 4.34. The summed E-state index contributed by atoms with van der Waals surface area (Å²) in [5.41, 5.74) is 1.02. The van der Waals surface area contributed by atoms with E-state index in [2.05, 4.69) is 22.9 Å². The standard InChI is InChI=1S/C12H20BrNOS/c1-3-4-5-6-7-8-9-14-12(15)10(2)11(13)16-14/h3-9H2,1-2H3. The molecule has 16 heavy (non-hydrogen) atoms. The first kappa shape index (κ1) is 14.0. The molecule has 0 saturated carbocycles. The third-order valence-corrected chi connectivity index (χ3v) is 4.81. The highest BCUT2D eigenvalue weighted by molar-refractivity contribution is 9.11. The van der Waals surface area contributed by atoms with Gasteiger partial charge in [0.25, 0.3) is 5.56 Å². The zero-order valence-corrected chi connectivity index (χ0v) is 12.5. The van der Waals surface area contributed by atoms with Crippen LogP contribution in [0.2, 0.25) is 0 Å². The summed E-state index contributed by atoms with van der Waals surface area (Å²) >= 11 is 4.94. The summed E-state index contributed by atoms with van der Waals surface area (Å²) in [7, 11) is 0. The Morgan fingerprint density at radius 3 is 2.38 bits per heavy atom. The minimum Gasteiger partial charge on any atom is -0.268 e. The van der Waals surface area contributed by atoms with E-state index < -0.39 is 0 Å². The van der Waals surface area contributed by atoms with E-state index in [1.165, 1.54) is 43.6 Å². The van der Waals surface area contributed by atoms with E-state index in [4.69, 9.17) is 0 Å². The first-order chi connectivity index (χ1) is 7.66. The largest absolute Gasteiger partial charge is 0.268 e. The van der Waals surface area contributed by atoms with E-state index in [1.807, 2.05) is 10.9 Å². The minimum atomic E-state index is 0.172. The number of aromatic nitrogens is 1. The van der Waals surface area contributed by atoms with Crippen LogP contribution < -0.4 is 5.56 Å². The molecule has 2 nitrogen and oxygen atoms in total. The molecule has 1 aromatic heterocycles. The second kappa shape index (κ2) is 7.28. The lowest BCUT2D eigenvalue weighted by Crippen LogP contribution is -2.14. The van der Waals surface area contributed by atoms with Crippen LogP contribution in [0.1, 0.15) is 51.0 Å². The van der Waals surface area contributed by atoms with Crippen molar-refractivity contribution in [1.82, 2.24) is 3.96 Å². The second-order valence-corrected chi connectivity index (χ2v) is 6.51. The molecule has 0 amide bonds. The van der Waals surface area contributed by atoms with Gasteiger partial charge in [-0.1, -0.05) is 39.0 Å². The maximum atomic E-state index is 11.7. The van der Waals surface area contributed by atoms with Gasteiger partial charge in [-0.3, -0.25) is 8.75 Å². The van der Waals surface area contributed by atoms with Gasteiger partial charge in [-0.25, -0.2) is 0 Å². The lowest BCUT2D eigenvalue weighted by molar-refractivity contribution is 0.568. The quantitative estimate of drug-likeness (QED) is 0.687. The lowest BCUT2D eigenvalue weighted by Gasteiger charge is -2.00. The summed E-state index contributed by atoms with van der Waals surface area (Å²) in [6.45, 7) is 4.98. The summed E-state index contributed by atoms with van der Waals surface area (Å²) in [6.07, 6.45) is 7.61. The van der Waals surface area contributed by atoms with Gasteiger partial charge in [-0.15, -0.1) is 0 Å². The Hall–Kier alpha value is -0.0900. The fourth-order valence-corrected chi connectivity index (χ4v) is 3.21. The number of unbranched alkanes of at least 4 members (excludes halogenated alkanes) is 5. The van der Waals surface area contributed by atoms with E-state index >= 15 is 0 Å². The lowest BCUT2D eigenvalue weighted by atomic mass is 10.1. The molecular weight excluding hydrogens is 286 g/mol. The topological polar surface area (TPSA) is 22.0 Å². The predicted molar refractivity (Wildman–Crippen MR) is 74.4 cm³/mol. The van der Waals surface area contributed by atoms with Crippen molar-refractivity contribution in [3.05, 3.63) is 19.7 Å². The number of hydrogen-bond acceptors (Lipinski definition) is 2. The highest BCUT2D eigenvalue weighted by Crippen LogP contribution is 2.19. The first-order valence-electron chi connectivity index (χ1n) is 6.03. The van der Waals surface area contributed by atoms with Crippen LogP contribution in [0.25, 0.3) is 0 Å². The maximum Gasteiger partial charge on any atom is 0.264 e. The molecule has 0 N–H and O–H groups in total. The summed E-state index contributed by atoms with van der Waals surface area (Å²) in [5.74, 6) is 0. The molecule has 0 aliphatic heterocycles. The van der Waals surface area contributed by atoms with Crippen LogP contribution >= 0.6 is 27.5 Å². The number of hydrogen-bond donors (Lipinski definition) is 0. The molecule has 0 atom stereocenters. The molecule has 0 fully saturated rings. The molecule has 0 radical (unpaired) electrons. The monoisotopic (exact) mass is 305 g/mol. The average molecular weight is 306 g/mol. The van der Waals surface area contributed by atoms with Crippen LogP contribution in [0.3, 0.4) is 0 Å². The van der Waals surface area contributed by atoms with Crippen molar-refractivity contribution < 1.29 is 0 Å². The van der Waals surface area contributed by atoms with Crippen LogP contribution in [0.15, 0.2) is 8.58 Å². The van der Waals surface area contributed by atoms with Gasteiger partial charge < -0.3 is 0 Å². The zero-order chi connectivity index (χ0) is 12.0. The van der Waals surface area contributed by atoms with E-state index in [9.17, 15) is 4.79 Å². The fourth-order valence-electron chi connectivity index (χ4n) is 1.66. The molecule has 0 spiro atoms.